The largest absolute Gasteiger partial charge is 1.00 e. The summed E-state index contributed by atoms with van der Waals surface area (Å²) < 4.78 is 25.1. The molecule has 0 radical (unpaired) electrons. The van der Waals surface area contributed by atoms with Gasteiger partial charge in [-0.15, -0.1) is 0 Å². The third-order valence-corrected chi connectivity index (χ3v) is 7.30. The van der Waals surface area contributed by atoms with Crippen LogP contribution in [0.3, 0.4) is 0 Å². The predicted molar refractivity (Wildman–Crippen MR) is 143 cm³/mol. The summed E-state index contributed by atoms with van der Waals surface area (Å²) in [6, 6.07) is 8.52. The van der Waals surface area contributed by atoms with Crippen LogP contribution in [0.25, 0.3) is 0 Å². The van der Waals surface area contributed by atoms with Crippen LogP contribution >= 0.6 is 7.82 Å². The van der Waals surface area contributed by atoms with E-state index in [1.807, 2.05) is 0 Å². The second kappa shape index (κ2) is 9.52. The molecule has 0 saturated carbocycles. The van der Waals surface area contributed by atoms with Crippen molar-refractivity contribution in [2.24, 2.45) is 0 Å². The predicted octanol–water partition coefficient (Wildman–Crippen LogP) is 5.46. The van der Waals surface area contributed by atoms with E-state index < -0.39 is 7.82 Å². The SMILES string of the molecule is CC(C)(C)c1cc2c(c(C(C)(C)C)c1)OP(=O)(O)Oc1c(cc(C(C)(C)C)cc1C(C)(C)C)C2.[H-].[Na+]. The Bertz CT molecular complexity index is 1070. The number of benzene rings is 2. The van der Waals surface area contributed by atoms with E-state index in [9.17, 15) is 9.46 Å². The molecule has 0 fully saturated rings. The minimum Gasteiger partial charge on any atom is -1.00 e. The van der Waals surface area contributed by atoms with Gasteiger partial charge >= 0.3 is 37.4 Å². The van der Waals surface area contributed by atoms with Crippen molar-refractivity contribution in [2.45, 2.75) is 111 Å². The maximum absolute atomic E-state index is 13.4. The van der Waals surface area contributed by atoms with Gasteiger partial charge in [-0.3, -0.25) is 4.89 Å². The molecule has 2 aromatic rings. The molecule has 0 atom stereocenters. The van der Waals surface area contributed by atoms with E-state index in [1.165, 1.54) is 11.1 Å². The summed E-state index contributed by atoms with van der Waals surface area (Å²) in [6.45, 7) is 25.7. The fourth-order valence-corrected chi connectivity index (χ4v) is 5.22. The molecule has 0 amide bonds. The smallest absolute Gasteiger partial charge is 1.00 e. The second-order valence-electron chi connectivity index (χ2n) is 13.9. The van der Waals surface area contributed by atoms with Crippen LogP contribution in [0.1, 0.15) is 118 Å². The first kappa shape index (κ1) is 30.5. The molecule has 0 aromatic heterocycles. The molecular weight excluding hydrogens is 466 g/mol. The van der Waals surface area contributed by atoms with Crippen molar-refractivity contribution in [1.82, 2.24) is 0 Å². The van der Waals surface area contributed by atoms with Crippen molar-refractivity contribution in [3.63, 3.8) is 0 Å². The summed E-state index contributed by atoms with van der Waals surface area (Å²) in [7, 11) is -4.43. The van der Waals surface area contributed by atoms with Crippen molar-refractivity contribution in [3.8, 4) is 11.5 Å². The number of phosphoric acid groups is 1. The van der Waals surface area contributed by atoms with E-state index in [1.54, 1.807) is 0 Å². The molecule has 3 rings (SSSR count). The molecule has 1 N–H and O–H groups in total. The van der Waals surface area contributed by atoms with Crippen molar-refractivity contribution in [2.75, 3.05) is 0 Å². The van der Waals surface area contributed by atoms with Crippen LogP contribution in [0, 0.1) is 0 Å². The maximum atomic E-state index is 13.4. The Morgan fingerprint density at radius 3 is 1.23 bits per heavy atom. The molecule has 1 aliphatic heterocycles. The number of hydrogen-bond acceptors (Lipinski definition) is 3. The van der Waals surface area contributed by atoms with E-state index in [0.717, 1.165) is 22.3 Å². The van der Waals surface area contributed by atoms with Crippen LogP contribution in [-0.4, -0.2) is 4.89 Å². The first-order valence-corrected chi connectivity index (χ1v) is 13.7. The normalized spacial score (nSPS) is 16.0. The third kappa shape index (κ3) is 6.76. The van der Waals surface area contributed by atoms with Gasteiger partial charge in [0, 0.05) is 17.5 Å². The standard InChI is InChI=1S/C29H43O4P.Na.H/c1-26(2,3)20-14-18-13-19-15-21(27(4,5)6)17-23(29(10,11)12)25(19)33-34(30,31)32-24(18)22(16-20)28(7,8)9;;/h14-17H,13H2,1-12H3,(H,30,31);;/q;+1;-1. The number of hydrogen-bond donors (Lipinski definition) is 1. The minimum atomic E-state index is -4.43. The Morgan fingerprint density at radius 2 is 0.971 bits per heavy atom. The quantitative estimate of drug-likeness (QED) is 0.378. The van der Waals surface area contributed by atoms with Crippen LogP contribution in [0.2, 0.25) is 0 Å². The Balaban J connectivity index is 0.00000324. The van der Waals surface area contributed by atoms with Crippen LogP contribution in [0.15, 0.2) is 24.3 Å². The molecule has 6 heteroatoms. The fraction of sp³-hybridized carbons (Fsp3) is 0.586. The van der Waals surface area contributed by atoms with E-state index >= 15 is 0 Å². The van der Waals surface area contributed by atoms with E-state index in [-0.39, 0.29) is 52.6 Å². The van der Waals surface area contributed by atoms with Gasteiger partial charge in [-0.2, -0.15) is 0 Å². The zero-order valence-electron chi connectivity index (χ0n) is 25.1. The summed E-state index contributed by atoms with van der Waals surface area (Å²) in [5.41, 5.74) is 5.31. The van der Waals surface area contributed by atoms with Crippen LogP contribution < -0.4 is 38.6 Å². The molecule has 0 unspecified atom stereocenters. The van der Waals surface area contributed by atoms with Crippen LogP contribution in [0.4, 0.5) is 0 Å². The average molecular weight is 511 g/mol. The molecule has 0 spiro atoms. The van der Waals surface area contributed by atoms with E-state index in [4.69, 9.17) is 9.05 Å². The number of phosphoric ester groups is 1. The molecule has 1 aliphatic rings. The average Bonchev–Trinajstić information content (AvgIpc) is 2.58. The first-order chi connectivity index (χ1) is 15.1. The molecule has 0 bridgehead atoms. The monoisotopic (exact) mass is 510 g/mol. The number of rotatable bonds is 0. The van der Waals surface area contributed by atoms with E-state index in [2.05, 4.69) is 107 Å². The fourth-order valence-electron chi connectivity index (χ4n) is 4.29. The topological polar surface area (TPSA) is 55.8 Å². The molecule has 4 nitrogen and oxygen atoms in total. The second-order valence-corrected chi connectivity index (χ2v) is 15.2. The van der Waals surface area contributed by atoms with Crippen LogP contribution in [-0.2, 0) is 32.6 Å². The van der Waals surface area contributed by atoms with Gasteiger partial charge in [0.1, 0.15) is 11.5 Å². The van der Waals surface area contributed by atoms with Crippen LogP contribution in [0.5, 0.6) is 11.5 Å². The van der Waals surface area contributed by atoms with Crippen molar-refractivity contribution in [3.05, 3.63) is 57.6 Å². The molecular formula is C29H44NaO4P. The Kier molecular flexibility index (Phi) is 8.28. The van der Waals surface area contributed by atoms with Gasteiger partial charge in [-0.05, 0) is 43.9 Å². The van der Waals surface area contributed by atoms with Gasteiger partial charge in [-0.1, -0.05) is 107 Å². The summed E-state index contributed by atoms with van der Waals surface area (Å²) in [4.78, 5) is 10.9. The van der Waals surface area contributed by atoms with Gasteiger partial charge in [0.2, 0.25) is 0 Å². The van der Waals surface area contributed by atoms with Gasteiger partial charge in [0.05, 0.1) is 0 Å². The summed E-state index contributed by atoms with van der Waals surface area (Å²) in [5.74, 6) is 0.936. The van der Waals surface area contributed by atoms with Gasteiger partial charge in [-0.25, -0.2) is 4.57 Å². The first-order valence-electron chi connectivity index (χ1n) is 12.2. The van der Waals surface area contributed by atoms with Gasteiger partial charge < -0.3 is 10.5 Å². The number of fused-ring (bicyclic) bond motifs is 2. The maximum Gasteiger partial charge on any atom is 1.00 e. The minimum absolute atomic E-state index is 0. The third-order valence-electron chi connectivity index (χ3n) is 6.47. The molecule has 190 valence electrons. The zero-order chi connectivity index (χ0) is 26.1. The zero-order valence-corrected chi connectivity index (χ0v) is 27.0. The molecule has 1 heterocycles. The summed E-state index contributed by atoms with van der Waals surface area (Å²) >= 11 is 0. The summed E-state index contributed by atoms with van der Waals surface area (Å²) in [5, 5.41) is 0. The molecule has 35 heavy (non-hydrogen) atoms. The molecule has 2 aromatic carbocycles. The van der Waals surface area contributed by atoms with Crippen molar-refractivity contribution in [1.29, 1.82) is 0 Å². The van der Waals surface area contributed by atoms with Crippen molar-refractivity contribution >= 4 is 7.82 Å². The van der Waals surface area contributed by atoms with Gasteiger partial charge in [0.15, 0.2) is 0 Å². The van der Waals surface area contributed by atoms with Crippen molar-refractivity contribution < 1.29 is 49.5 Å². The molecule has 0 aliphatic carbocycles. The Morgan fingerprint density at radius 1 is 0.657 bits per heavy atom. The van der Waals surface area contributed by atoms with Gasteiger partial charge in [0.25, 0.3) is 0 Å². The summed E-state index contributed by atoms with van der Waals surface area (Å²) in [6.07, 6.45) is 0.560. The molecule has 0 saturated heterocycles. The van der Waals surface area contributed by atoms with E-state index in [0.29, 0.717) is 17.9 Å². The Labute approximate surface area is 236 Å². The Hall–Kier alpha value is -0.770.